The van der Waals surface area contributed by atoms with Gasteiger partial charge in [-0.25, -0.2) is 9.38 Å². The van der Waals surface area contributed by atoms with E-state index in [1.165, 1.54) is 18.2 Å². The molecule has 78 valence electrons. The predicted octanol–water partition coefficient (Wildman–Crippen LogP) is 1.07. The Morgan fingerprint density at radius 3 is 2.80 bits per heavy atom. The number of hydrogen-bond acceptors (Lipinski definition) is 3. The molecule has 1 heterocycles. The van der Waals surface area contributed by atoms with Crippen molar-refractivity contribution in [3.05, 3.63) is 34.1 Å². The molecule has 1 aromatic rings. The molecule has 3 N–H and O–H groups in total. The Balaban J connectivity index is 2.38. The topological polar surface area (TPSA) is 67.5 Å². The number of rotatable bonds is 1. The third-order valence-electron chi connectivity index (χ3n) is 2.03. The van der Waals surface area contributed by atoms with Crippen LogP contribution in [0.15, 0.2) is 27.7 Å². The number of hydrogen-bond donors (Lipinski definition) is 2. The molecule has 4 nitrogen and oxygen atoms in total. The molecule has 0 saturated heterocycles. The zero-order chi connectivity index (χ0) is 11.0. The van der Waals surface area contributed by atoms with Crippen LogP contribution in [-0.2, 0) is 4.79 Å². The normalized spacial score (nSPS) is 20.0. The first kappa shape index (κ1) is 10.1. The van der Waals surface area contributed by atoms with Crippen molar-refractivity contribution in [2.24, 2.45) is 10.7 Å². The summed E-state index contributed by atoms with van der Waals surface area (Å²) in [6.07, 6.45) is 0. The van der Waals surface area contributed by atoms with Crippen molar-refractivity contribution in [3.8, 4) is 0 Å². The van der Waals surface area contributed by atoms with Gasteiger partial charge >= 0.3 is 0 Å². The van der Waals surface area contributed by atoms with Gasteiger partial charge in [0.15, 0.2) is 12.0 Å². The number of benzene rings is 1. The first-order valence-corrected chi connectivity index (χ1v) is 4.96. The van der Waals surface area contributed by atoms with Crippen molar-refractivity contribution in [1.29, 1.82) is 0 Å². The summed E-state index contributed by atoms with van der Waals surface area (Å²) >= 11 is 3.04. The highest BCUT2D eigenvalue weighted by molar-refractivity contribution is 9.10. The van der Waals surface area contributed by atoms with E-state index in [0.29, 0.717) is 10.0 Å². The van der Waals surface area contributed by atoms with Gasteiger partial charge in [-0.2, -0.15) is 0 Å². The first-order valence-electron chi connectivity index (χ1n) is 4.17. The maximum absolute atomic E-state index is 13.0. The lowest BCUT2D eigenvalue weighted by Crippen LogP contribution is -2.31. The quantitative estimate of drug-likeness (QED) is 0.803. The Kier molecular flexibility index (Phi) is 2.44. The minimum Gasteiger partial charge on any atom is -0.370 e. The Bertz CT molecular complexity index is 461. The number of nitrogens with zero attached hydrogens (tertiary/aromatic N) is 1. The Morgan fingerprint density at radius 1 is 1.53 bits per heavy atom. The van der Waals surface area contributed by atoms with Gasteiger partial charge in [0, 0.05) is 0 Å². The molecule has 1 atom stereocenters. The molecule has 2 rings (SSSR count). The van der Waals surface area contributed by atoms with E-state index >= 15 is 0 Å². The highest BCUT2D eigenvalue weighted by atomic mass is 79.9. The van der Waals surface area contributed by atoms with Gasteiger partial charge in [-0.05, 0) is 33.6 Å². The first-order chi connectivity index (χ1) is 7.08. The van der Waals surface area contributed by atoms with Crippen LogP contribution in [-0.4, -0.2) is 11.9 Å². The molecule has 1 unspecified atom stereocenters. The largest absolute Gasteiger partial charge is 0.370 e. The lowest BCUT2D eigenvalue weighted by Gasteiger charge is -2.05. The Labute approximate surface area is 93.5 Å². The average Bonchev–Trinajstić information content (AvgIpc) is 2.50. The number of halogens is 2. The minimum absolute atomic E-state index is 0.0884. The SMILES string of the molecule is NC1=NC(c2ccc(F)c(Br)c2)C(=O)N1. The van der Waals surface area contributed by atoms with E-state index in [0.717, 1.165) is 0 Å². The molecule has 15 heavy (non-hydrogen) atoms. The van der Waals surface area contributed by atoms with E-state index in [-0.39, 0.29) is 17.7 Å². The smallest absolute Gasteiger partial charge is 0.256 e. The lowest BCUT2D eigenvalue weighted by molar-refractivity contribution is -0.120. The number of amides is 1. The molecule has 0 aliphatic carbocycles. The summed E-state index contributed by atoms with van der Waals surface area (Å²) < 4.78 is 13.3. The molecule has 1 aliphatic rings. The summed E-state index contributed by atoms with van der Waals surface area (Å²) in [4.78, 5) is 15.3. The Morgan fingerprint density at radius 2 is 2.27 bits per heavy atom. The van der Waals surface area contributed by atoms with Gasteiger partial charge in [-0.15, -0.1) is 0 Å². The summed E-state index contributed by atoms with van der Waals surface area (Å²) in [5, 5.41) is 2.38. The van der Waals surface area contributed by atoms with E-state index in [1.807, 2.05) is 0 Å². The summed E-state index contributed by atoms with van der Waals surface area (Å²) in [5.74, 6) is -0.592. The van der Waals surface area contributed by atoms with Crippen molar-refractivity contribution in [2.45, 2.75) is 6.04 Å². The molecular weight excluding hydrogens is 265 g/mol. The number of carbonyl (C=O) groups excluding carboxylic acids is 1. The zero-order valence-corrected chi connectivity index (χ0v) is 9.08. The molecular formula is C9H7BrFN3O. The van der Waals surface area contributed by atoms with Crippen LogP contribution in [0.4, 0.5) is 4.39 Å². The second-order valence-corrected chi connectivity index (χ2v) is 3.93. The second kappa shape index (κ2) is 3.62. The van der Waals surface area contributed by atoms with Gasteiger partial charge in [0.2, 0.25) is 0 Å². The molecule has 0 aromatic heterocycles. The van der Waals surface area contributed by atoms with Gasteiger partial charge in [-0.1, -0.05) is 6.07 Å². The fourth-order valence-corrected chi connectivity index (χ4v) is 1.73. The van der Waals surface area contributed by atoms with Gasteiger partial charge in [0.1, 0.15) is 5.82 Å². The molecule has 6 heteroatoms. The monoisotopic (exact) mass is 271 g/mol. The average molecular weight is 272 g/mol. The molecule has 0 radical (unpaired) electrons. The van der Waals surface area contributed by atoms with Gasteiger partial charge in [-0.3, -0.25) is 10.1 Å². The fraction of sp³-hybridized carbons (Fsp3) is 0.111. The van der Waals surface area contributed by atoms with Crippen LogP contribution in [0, 0.1) is 5.82 Å². The van der Waals surface area contributed by atoms with Crippen molar-refractivity contribution in [3.63, 3.8) is 0 Å². The molecule has 0 spiro atoms. The van der Waals surface area contributed by atoms with Crippen LogP contribution in [0.25, 0.3) is 0 Å². The van der Waals surface area contributed by atoms with Crippen LogP contribution < -0.4 is 11.1 Å². The number of aliphatic imine (C=N–C) groups is 1. The van der Waals surface area contributed by atoms with Gasteiger partial charge in [0.05, 0.1) is 4.47 Å². The maximum Gasteiger partial charge on any atom is 0.256 e. The molecule has 1 aromatic carbocycles. The maximum atomic E-state index is 13.0. The highest BCUT2D eigenvalue weighted by Crippen LogP contribution is 2.25. The fourth-order valence-electron chi connectivity index (χ4n) is 1.33. The highest BCUT2D eigenvalue weighted by Gasteiger charge is 2.26. The van der Waals surface area contributed by atoms with E-state index in [4.69, 9.17) is 5.73 Å². The van der Waals surface area contributed by atoms with Crippen LogP contribution in [0.2, 0.25) is 0 Å². The van der Waals surface area contributed by atoms with E-state index in [9.17, 15) is 9.18 Å². The lowest BCUT2D eigenvalue weighted by atomic mass is 10.1. The van der Waals surface area contributed by atoms with Crippen LogP contribution in [0.3, 0.4) is 0 Å². The third-order valence-corrected chi connectivity index (χ3v) is 2.63. The Hall–Kier alpha value is -1.43. The van der Waals surface area contributed by atoms with E-state index in [1.54, 1.807) is 0 Å². The molecule has 1 aliphatic heterocycles. The summed E-state index contributed by atoms with van der Waals surface area (Å²) in [7, 11) is 0. The summed E-state index contributed by atoms with van der Waals surface area (Å²) in [6.45, 7) is 0. The van der Waals surface area contributed by atoms with Crippen LogP contribution >= 0.6 is 15.9 Å². The van der Waals surface area contributed by atoms with Crippen molar-refractivity contribution in [1.82, 2.24) is 5.32 Å². The zero-order valence-electron chi connectivity index (χ0n) is 7.50. The molecule has 0 bridgehead atoms. The summed E-state index contributed by atoms with van der Waals surface area (Å²) in [6, 6.07) is 3.62. The van der Waals surface area contributed by atoms with Crippen LogP contribution in [0.5, 0.6) is 0 Å². The molecule has 0 fully saturated rings. The molecule has 1 amide bonds. The van der Waals surface area contributed by atoms with Crippen molar-refractivity contribution < 1.29 is 9.18 Å². The number of nitrogens with one attached hydrogen (secondary N) is 1. The number of guanidine groups is 1. The summed E-state index contributed by atoms with van der Waals surface area (Å²) in [5.41, 5.74) is 5.95. The van der Waals surface area contributed by atoms with Gasteiger partial charge in [0.25, 0.3) is 5.91 Å². The second-order valence-electron chi connectivity index (χ2n) is 3.08. The predicted molar refractivity (Wildman–Crippen MR) is 56.6 cm³/mol. The van der Waals surface area contributed by atoms with E-state index < -0.39 is 6.04 Å². The number of nitrogens with two attached hydrogens (primary N) is 1. The van der Waals surface area contributed by atoms with Gasteiger partial charge < -0.3 is 5.73 Å². The third kappa shape index (κ3) is 1.85. The van der Waals surface area contributed by atoms with Crippen molar-refractivity contribution >= 4 is 27.8 Å². The van der Waals surface area contributed by atoms with E-state index in [2.05, 4.69) is 26.2 Å². The molecule has 0 saturated carbocycles. The standard InChI is InChI=1S/C9H7BrFN3O/c10-5-3-4(1-2-6(5)11)7-8(15)14-9(12)13-7/h1-3,7H,(H3,12,13,14,15). The van der Waals surface area contributed by atoms with Crippen LogP contribution in [0.1, 0.15) is 11.6 Å². The van der Waals surface area contributed by atoms with Crippen molar-refractivity contribution in [2.75, 3.05) is 0 Å². The number of carbonyl (C=O) groups is 1. The minimum atomic E-state index is -0.679.